The first-order valence-corrected chi connectivity index (χ1v) is 21.9. The second-order valence-electron chi connectivity index (χ2n) is 15.2. The fourth-order valence-electron chi connectivity index (χ4n) is 5.61. The van der Waals surface area contributed by atoms with Gasteiger partial charge in [-0.3, -0.25) is 4.79 Å². The van der Waals surface area contributed by atoms with Crippen LogP contribution < -0.4 is 4.74 Å². The van der Waals surface area contributed by atoms with Crippen molar-refractivity contribution >= 4 is 35.8 Å². The van der Waals surface area contributed by atoms with E-state index < -0.39 is 72.3 Å². The number of hydrogen-bond donors (Lipinski definition) is 12. The van der Waals surface area contributed by atoms with Crippen molar-refractivity contribution in [1.82, 2.24) is 0 Å². The fraction of sp³-hybridized carbons (Fsp3) is 0.222. The lowest BCUT2D eigenvalue weighted by atomic mass is 10.0. The van der Waals surface area contributed by atoms with Gasteiger partial charge in [-0.1, -0.05) is 163 Å². The maximum Gasteiger partial charge on any atom is 0.337 e. The summed E-state index contributed by atoms with van der Waals surface area (Å²) in [4.78, 5) is 62.1. The number of hydrogen-bond acceptors (Lipinski definition) is 13. The molecule has 0 amide bonds. The molecule has 6 aromatic carbocycles. The standard InChI is InChI=1S/C10H12O3.C9H10O4.3C9H10O3.C8H8O3/c11-9(10(12)13)7-6-8-4-2-1-3-5-8;1-13-7-4-2-6(3-5-7)8(10)9(11)12;1-6-2-4-7(5-3-6)8(10)9(11)12;10-6-8(9(11)12)7-4-2-1-3-5-7;10-8(9(11)12)6-7-4-2-1-3-5-7;9-7(8(10)11)6-4-2-1-3-5-6/h1-5,9,11H,6-7H2,(H,12,13);2-5,8,10H,1H3,(H,11,12);2-5,8,10H,1H3,(H,11,12);2*1-5,8,10H,6H2,(H,11,12);1-5,7,9H,(H,10,11). The normalized spacial score (nSPS) is 12.4. The van der Waals surface area contributed by atoms with Crippen molar-refractivity contribution in [3.63, 3.8) is 0 Å². The third-order valence-electron chi connectivity index (χ3n) is 9.72. The molecule has 0 saturated heterocycles. The molecule has 0 aliphatic heterocycles. The van der Waals surface area contributed by atoms with Gasteiger partial charge in [0.1, 0.15) is 11.7 Å². The second kappa shape index (κ2) is 34.9. The Balaban J connectivity index is 0.000000438. The molecule has 12 N–H and O–H groups in total. The summed E-state index contributed by atoms with van der Waals surface area (Å²) in [6, 6.07) is 48.4. The summed E-state index contributed by atoms with van der Waals surface area (Å²) in [6.07, 6.45) is -5.82. The van der Waals surface area contributed by atoms with E-state index in [1.165, 1.54) is 19.2 Å². The number of aliphatic carboxylic acids is 6. The van der Waals surface area contributed by atoms with Gasteiger partial charge in [-0.25, -0.2) is 24.0 Å². The van der Waals surface area contributed by atoms with Crippen LogP contribution in [0.5, 0.6) is 5.75 Å². The van der Waals surface area contributed by atoms with Crippen LogP contribution in [0.3, 0.4) is 0 Å². The number of aryl methyl sites for hydroxylation is 2. The van der Waals surface area contributed by atoms with Crippen LogP contribution in [0.1, 0.15) is 69.6 Å². The summed E-state index contributed by atoms with van der Waals surface area (Å²) in [5.74, 6) is -7.22. The average Bonchev–Trinajstić information content (AvgIpc) is 3.39. The van der Waals surface area contributed by atoms with Crippen LogP contribution in [-0.4, -0.2) is 123 Å². The van der Waals surface area contributed by atoms with E-state index in [4.69, 9.17) is 66.0 Å². The van der Waals surface area contributed by atoms with Gasteiger partial charge < -0.3 is 66.0 Å². The van der Waals surface area contributed by atoms with Crippen molar-refractivity contribution in [2.24, 2.45) is 0 Å². The number of carboxylic acid groups (broad SMARTS) is 6. The van der Waals surface area contributed by atoms with Crippen molar-refractivity contribution in [2.45, 2.75) is 62.6 Å². The molecule has 0 aliphatic rings. The zero-order chi connectivity index (χ0) is 54.9. The lowest BCUT2D eigenvalue weighted by Crippen LogP contribution is -2.21. The molecule has 6 aromatic rings. The molecule has 0 aromatic heterocycles. The van der Waals surface area contributed by atoms with Crippen molar-refractivity contribution in [3.8, 4) is 5.75 Å². The number of aliphatic hydroxyl groups is 6. The Hall–Kier alpha value is -8.30. The zero-order valence-corrected chi connectivity index (χ0v) is 39.7. The van der Waals surface area contributed by atoms with E-state index in [0.717, 1.165) is 16.7 Å². The van der Waals surface area contributed by atoms with Gasteiger partial charge in [0.15, 0.2) is 30.5 Å². The highest BCUT2D eigenvalue weighted by Crippen LogP contribution is 2.18. The predicted octanol–water partition coefficient (Wildman–Crippen LogP) is 5.32. The van der Waals surface area contributed by atoms with Crippen LogP contribution in [0.15, 0.2) is 170 Å². The highest BCUT2D eigenvalue weighted by Gasteiger charge is 2.19. The van der Waals surface area contributed by atoms with E-state index in [1.54, 1.807) is 109 Å². The molecule has 0 bridgehead atoms. The number of benzene rings is 6. The van der Waals surface area contributed by atoms with Gasteiger partial charge in [0, 0.05) is 6.42 Å². The molecule has 0 spiro atoms. The molecule has 6 unspecified atom stereocenters. The van der Waals surface area contributed by atoms with Gasteiger partial charge in [-0.05, 0) is 65.3 Å². The van der Waals surface area contributed by atoms with Gasteiger partial charge >= 0.3 is 35.8 Å². The SMILES string of the molecule is COc1ccc(C(O)C(=O)O)cc1.Cc1ccc(C(O)C(=O)O)cc1.O=C(O)C(CO)c1ccccc1.O=C(O)C(O)CCc1ccccc1.O=C(O)C(O)Cc1ccccc1.O=C(O)C(O)c1ccccc1. The Bertz CT molecular complexity index is 2510. The molecular weight excluding hydrogens is 953 g/mol. The van der Waals surface area contributed by atoms with Crippen LogP contribution in [0.2, 0.25) is 0 Å². The van der Waals surface area contributed by atoms with Gasteiger partial charge in [-0.15, -0.1) is 0 Å². The van der Waals surface area contributed by atoms with E-state index in [0.29, 0.717) is 34.4 Å². The molecule has 390 valence electrons. The number of rotatable bonds is 17. The van der Waals surface area contributed by atoms with Gasteiger partial charge in [0.25, 0.3) is 0 Å². The molecule has 6 atom stereocenters. The highest BCUT2D eigenvalue weighted by molar-refractivity contribution is 5.76. The quantitative estimate of drug-likeness (QED) is 0.0550. The molecule has 73 heavy (non-hydrogen) atoms. The molecule has 6 rings (SSSR count). The van der Waals surface area contributed by atoms with E-state index in [2.05, 4.69) is 0 Å². The Kier molecular flexibility index (Phi) is 30.0. The number of aliphatic hydroxyl groups excluding tert-OH is 6. The van der Waals surface area contributed by atoms with Crippen molar-refractivity contribution in [3.05, 3.63) is 209 Å². The van der Waals surface area contributed by atoms with Gasteiger partial charge in [-0.2, -0.15) is 0 Å². The molecule has 19 heteroatoms. The second-order valence-corrected chi connectivity index (χ2v) is 15.2. The van der Waals surface area contributed by atoms with E-state index in [9.17, 15) is 28.8 Å². The summed E-state index contributed by atoms with van der Waals surface area (Å²) in [6.45, 7) is 1.54. The summed E-state index contributed by atoms with van der Waals surface area (Å²) < 4.78 is 4.88. The topological polar surface area (TPSA) is 354 Å². The third-order valence-corrected chi connectivity index (χ3v) is 9.72. The third kappa shape index (κ3) is 25.9. The fourth-order valence-corrected chi connectivity index (χ4v) is 5.61. The van der Waals surface area contributed by atoms with E-state index in [1.807, 2.05) is 55.5 Å². The Labute approximate surface area is 420 Å². The first-order chi connectivity index (χ1) is 34.6. The predicted molar refractivity (Wildman–Crippen MR) is 265 cm³/mol. The lowest BCUT2D eigenvalue weighted by molar-refractivity contribution is -0.147. The molecule has 0 heterocycles. The number of methoxy groups -OCH3 is 1. The summed E-state index contributed by atoms with van der Waals surface area (Å²) in [5, 5.41) is 105. The molecule has 0 radical (unpaired) electrons. The van der Waals surface area contributed by atoms with Crippen LogP contribution in [0, 0.1) is 6.92 Å². The maximum atomic E-state index is 10.6. The Morgan fingerprint density at radius 3 is 1.10 bits per heavy atom. The largest absolute Gasteiger partial charge is 0.497 e. The van der Waals surface area contributed by atoms with Crippen molar-refractivity contribution in [1.29, 1.82) is 0 Å². The first kappa shape index (κ1) is 62.7. The molecule has 19 nitrogen and oxygen atoms in total. The molecular formula is C54H60O19. The summed E-state index contributed by atoms with van der Waals surface area (Å²) >= 11 is 0. The smallest absolute Gasteiger partial charge is 0.337 e. The van der Waals surface area contributed by atoms with Crippen LogP contribution >= 0.6 is 0 Å². The van der Waals surface area contributed by atoms with Crippen LogP contribution in [0.25, 0.3) is 0 Å². The zero-order valence-electron chi connectivity index (χ0n) is 39.7. The lowest BCUT2D eigenvalue weighted by Gasteiger charge is -2.07. The minimum absolute atomic E-state index is 0.163. The Morgan fingerprint density at radius 2 is 0.753 bits per heavy atom. The minimum Gasteiger partial charge on any atom is -0.497 e. The molecule has 0 aliphatic carbocycles. The monoisotopic (exact) mass is 1010 g/mol. The highest BCUT2D eigenvalue weighted by atomic mass is 16.5. The summed E-state index contributed by atoms with van der Waals surface area (Å²) in [7, 11) is 1.52. The van der Waals surface area contributed by atoms with Gasteiger partial charge in [0.2, 0.25) is 0 Å². The Morgan fingerprint density at radius 1 is 0.411 bits per heavy atom. The van der Waals surface area contributed by atoms with Crippen LogP contribution in [0.4, 0.5) is 0 Å². The first-order valence-electron chi connectivity index (χ1n) is 21.9. The minimum atomic E-state index is -1.47. The number of carbonyl (C=O) groups is 6. The summed E-state index contributed by atoms with van der Waals surface area (Å²) in [5.41, 5.74) is 4.69. The van der Waals surface area contributed by atoms with Crippen molar-refractivity contribution < 1.29 is 94.8 Å². The molecule has 0 fully saturated rings. The molecule has 0 saturated carbocycles. The maximum absolute atomic E-state index is 10.6. The van der Waals surface area contributed by atoms with Crippen LogP contribution in [-0.2, 0) is 41.6 Å². The van der Waals surface area contributed by atoms with Crippen molar-refractivity contribution in [2.75, 3.05) is 13.7 Å². The van der Waals surface area contributed by atoms with E-state index >= 15 is 0 Å². The number of ether oxygens (including phenoxy) is 1. The average molecular weight is 1010 g/mol. The number of carboxylic acids is 6. The van der Waals surface area contributed by atoms with E-state index in [-0.39, 0.29) is 19.4 Å². The van der Waals surface area contributed by atoms with Gasteiger partial charge in [0.05, 0.1) is 13.7 Å².